The van der Waals surface area contributed by atoms with Crippen LogP contribution < -0.4 is 10.1 Å². The lowest BCUT2D eigenvalue weighted by Gasteiger charge is -2.27. The second kappa shape index (κ2) is 6.97. The highest BCUT2D eigenvalue weighted by atomic mass is 16.5. The van der Waals surface area contributed by atoms with Crippen LogP contribution in [0.5, 0.6) is 5.75 Å². The summed E-state index contributed by atoms with van der Waals surface area (Å²) in [4.78, 5) is 12.3. The number of nitrogens with zero attached hydrogens (tertiary/aromatic N) is 1. The fourth-order valence-electron chi connectivity index (χ4n) is 2.91. The van der Waals surface area contributed by atoms with Crippen LogP contribution in [-0.2, 0) is 17.8 Å². The van der Waals surface area contributed by atoms with Crippen molar-refractivity contribution >= 4 is 16.9 Å². The van der Waals surface area contributed by atoms with Crippen LogP contribution in [0.4, 0.5) is 0 Å². The highest BCUT2D eigenvalue weighted by Crippen LogP contribution is 2.27. The topological polar surface area (TPSA) is 64.4 Å². The summed E-state index contributed by atoms with van der Waals surface area (Å²) in [6.45, 7) is 0.442. The predicted octanol–water partition coefficient (Wildman–Crippen LogP) is 3.62. The van der Waals surface area contributed by atoms with E-state index in [4.69, 9.17) is 9.26 Å². The number of benzene rings is 2. The second-order valence-electron chi connectivity index (χ2n) is 6.36. The summed E-state index contributed by atoms with van der Waals surface area (Å²) in [5, 5.41) is 7.84. The molecule has 1 saturated carbocycles. The first-order valence-corrected chi connectivity index (χ1v) is 8.64. The van der Waals surface area contributed by atoms with E-state index in [1.807, 2.05) is 48.5 Å². The van der Waals surface area contributed by atoms with Gasteiger partial charge in [0.25, 0.3) is 0 Å². The molecule has 25 heavy (non-hydrogen) atoms. The molecule has 2 aromatic carbocycles. The Morgan fingerprint density at radius 3 is 2.80 bits per heavy atom. The average molecular weight is 336 g/mol. The van der Waals surface area contributed by atoms with Crippen LogP contribution in [0.15, 0.2) is 53.1 Å². The van der Waals surface area contributed by atoms with E-state index in [9.17, 15) is 4.79 Å². The van der Waals surface area contributed by atoms with Crippen LogP contribution in [0, 0.1) is 0 Å². The van der Waals surface area contributed by atoms with Gasteiger partial charge >= 0.3 is 0 Å². The SMILES string of the molecule is O=C(Cc1noc2ccccc12)NCc1ccccc1OC1CCC1. The Kier molecular flexibility index (Phi) is 4.37. The molecular weight excluding hydrogens is 316 g/mol. The molecule has 0 spiro atoms. The number of hydrogen-bond donors (Lipinski definition) is 1. The van der Waals surface area contributed by atoms with Crippen molar-refractivity contribution in [1.29, 1.82) is 0 Å². The van der Waals surface area contributed by atoms with Crippen molar-refractivity contribution in [3.05, 3.63) is 59.8 Å². The smallest absolute Gasteiger partial charge is 0.226 e. The normalized spacial score (nSPS) is 14.2. The third kappa shape index (κ3) is 3.50. The molecule has 0 saturated heterocycles. The fourth-order valence-corrected chi connectivity index (χ4v) is 2.91. The Labute approximate surface area is 146 Å². The van der Waals surface area contributed by atoms with Gasteiger partial charge in [-0.15, -0.1) is 0 Å². The van der Waals surface area contributed by atoms with Crippen molar-refractivity contribution in [2.45, 2.75) is 38.3 Å². The minimum atomic E-state index is -0.0856. The van der Waals surface area contributed by atoms with Crippen LogP contribution >= 0.6 is 0 Å². The average Bonchev–Trinajstić information content (AvgIpc) is 3.00. The molecule has 0 atom stereocenters. The van der Waals surface area contributed by atoms with E-state index in [0.29, 0.717) is 23.9 Å². The monoisotopic (exact) mass is 336 g/mol. The van der Waals surface area contributed by atoms with Gasteiger partial charge in [0, 0.05) is 17.5 Å². The van der Waals surface area contributed by atoms with Crippen LogP contribution in [0.25, 0.3) is 11.0 Å². The first kappa shape index (κ1) is 15.7. The summed E-state index contributed by atoms with van der Waals surface area (Å²) in [5.74, 6) is 0.775. The van der Waals surface area contributed by atoms with Crippen molar-refractivity contribution < 1.29 is 14.1 Å². The van der Waals surface area contributed by atoms with Gasteiger partial charge in [-0.25, -0.2) is 0 Å². The van der Waals surface area contributed by atoms with Crippen molar-refractivity contribution in [2.24, 2.45) is 0 Å². The maximum Gasteiger partial charge on any atom is 0.226 e. The number of amides is 1. The summed E-state index contributed by atoms with van der Waals surface area (Å²) < 4.78 is 11.2. The summed E-state index contributed by atoms with van der Waals surface area (Å²) in [6.07, 6.45) is 3.97. The molecule has 0 aliphatic heterocycles. The van der Waals surface area contributed by atoms with E-state index >= 15 is 0 Å². The van der Waals surface area contributed by atoms with Gasteiger partial charge in [0.2, 0.25) is 5.91 Å². The van der Waals surface area contributed by atoms with Crippen molar-refractivity contribution in [2.75, 3.05) is 0 Å². The number of rotatable bonds is 6. The quantitative estimate of drug-likeness (QED) is 0.747. The van der Waals surface area contributed by atoms with Gasteiger partial charge in [-0.2, -0.15) is 0 Å². The lowest BCUT2D eigenvalue weighted by atomic mass is 9.96. The van der Waals surface area contributed by atoms with Crippen LogP contribution in [0.1, 0.15) is 30.5 Å². The van der Waals surface area contributed by atoms with E-state index in [-0.39, 0.29) is 12.3 Å². The van der Waals surface area contributed by atoms with Crippen molar-refractivity contribution in [1.82, 2.24) is 10.5 Å². The lowest BCUT2D eigenvalue weighted by Crippen LogP contribution is -2.27. The largest absolute Gasteiger partial charge is 0.490 e. The third-order valence-corrected chi connectivity index (χ3v) is 4.57. The summed E-state index contributed by atoms with van der Waals surface area (Å²) in [5.41, 5.74) is 2.35. The van der Waals surface area contributed by atoms with Gasteiger partial charge < -0.3 is 14.6 Å². The van der Waals surface area contributed by atoms with Gasteiger partial charge in [0.05, 0.1) is 12.5 Å². The molecule has 3 aromatic rings. The molecule has 1 heterocycles. The van der Waals surface area contributed by atoms with E-state index in [2.05, 4.69) is 10.5 Å². The van der Waals surface area contributed by atoms with Gasteiger partial charge in [-0.1, -0.05) is 35.5 Å². The molecule has 1 N–H and O–H groups in total. The first-order chi connectivity index (χ1) is 12.3. The highest BCUT2D eigenvalue weighted by Gasteiger charge is 2.20. The first-order valence-electron chi connectivity index (χ1n) is 8.64. The summed E-state index contributed by atoms with van der Waals surface area (Å²) >= 11 is 0. The maximum atomic E-state index is 12.3. The Morgan fingerprint density at radius 1 is 1.16 bits per heavy atom. The summed E-state index contributed by atoms with van der Waals surface area (Å²) in [6, 6.07) is 15.4. The minimum Gasteiger partial charge on any atom is -0.490 e. The number of nitrogens with one attached hydrogen (secondary N) is 1. The molecule has 5 heteroatoms. The number of hydrogen-bond acceptors (Lipinski definition) is 4. The minimum absolute atomic E-state index is 0.0856. The van der Waals surface area contributed by atoms with E-state index in [1.165, 1.54) is 6.42 Å². The van der Waals surface area contributed by atoms with Crippen molar-refractivity contribution in [3.8, 4) is 5.75 Å². The molecule has 1 amide bonds. The fraction of sp³-hybridized carbons (Fsp3) is 0.300. The van der Waals surface area contributed by atoms with Gasteiger partial charge in [0.1, 0.15) is 11.4 Å². The van der Waals surface area contributed by atoms with Gasteiger partial charge in [-0.3, -0.25) is 4.79 Å². The third-order valence-electron chi connectivity index (χ3n) is 4.57. The predicted molar refractivity (Wildman–Crippen MR) is 94.3 cm³/mol. The van der Waals surface area contributed by atoms with Crippen LogP contribution in [-0.4, -0.2) is 17.2 Å². The van der Waals surface area contributed by atoms with Crippen LogP contribution in [0.2, 0.25) is 0 Å². The van der Waals surface area contributed by atoms with Gasteiger partial charge in [0.15, 0.2) is 5.58 Å². The Morgan fingerprint density at radius 2 is 1.96 bits per heavy atom. The van der Waals surface area contributed by atoms with Crippen LogP contribution in [0.3, 0.4) is 0 Å². The Hall–Kier alpha value is -2.82. The maximum absolute atomic E-state index is 12.3. The molecular formula is C20H20N2O3. The molecule has 0 bridgehead atoms. The summed E-state index contributed by atoms with van der Waals surface area (Å²) in [7, 11) is 0. The Bertz CT molecular complexity index is 883. The Balaban J connectivity index is 1.39. The number of carbonyl (C=O) groups excluding carboxylic acids is 1. The standard InChI is InChI=1S/C20H20N2O3/c23-20(12-17-16-9-2-4-11-19(16)25-22-17)21-13-14-6-1-3-10-18(14)24-15-7-5-8-15/h1-4,6,9-11,15H,5,7-8,12-13H2,(H,21,23). The number of carbonyl (C=O) groups is 1. The zero-order valence-corrected chi connectivity index (χ0v) is 13.9. The number of para-hydroxylation sites is 2. The van der Waals surface area contributed by atoms with Crippen molar-refractivity contribution in [3.63, 3.8) is 0 Å². The molecule has 4 rings (SSSR count). The number of ether oxygens (including phenoxy) is 1. The second-order valence-corrected chi connectivity index (χ2v) is 6.36. The zero-order valence-electron chi connectivity index (χ0n) is 13.9. The zero-order chi connectivity index (χ0) is 17.1. The number of aromatic nitrogens is 1. The molecule has 0 unspecified atom stereocenters. The highest BCUT2D eigenvalue weighted by molar-refractivity contribution is 5.86. The molecule has 1 fully saturated rings. The molecule has 1 aliphatic carbocycles. The van der Waals surface area contributed by atoms with E-state index in [1.54, 1.807) is 0 Å². The molecule has 128 valence electrons. The number of fused-ring (bicyclic) bond motifs is 1. The molecule has 1 aromatic heterocycles. The molecule has 1 aliphatic rings. The molecule has 0 radical (unpaired) electrons. The molecule has 5 nitrogen and oxygen atoms in total. The lowest BCUT2D eigenvalue weighted by molar-refractivity contribution is -0.120. The van der Waals surface area contributed by atoms with E-state index < -0.39 is 0 Å². The van der Waals surface area contributed by atoms with E-state index in [0.717, 1.165) is 29.5 Å². The van der Waals surface area contributed by atoms with Gasteiger partial charge in [-0.05, 0) is 37.5 Å².